The molecule has 1 saturated carbocycles. The first-order valence-electron chi connectivity index (χ1n) is 11.3. The molecule has 0 radical (unpaired) electrons. The third-order valence-electron chi connectivity index (χ3n) is 6.49. The summed E-state index contributed by atoms with van der Waals surface area (Å²) in [4.78, 5) is 28.0. The third-order valence-corrected chi connectivity index (χ3v) is 6.49. The quantitative estimate of drug-likeness (QED) is 0.740. The summed E-state index contributed by atoms with van der Waals surface area (Å²) in [6, 6.07) is 17.3. The monoisotopic (exact) mass is 420 g/mol. The first-order valence-corrected chi connectivity index (χ1v) is 11.3. The van der Waals surface area contributed by atoms with E-state index < -0.39 is 5.54 Å². The minimum atomic E-state index is -0.413. The molecule has 2 aromatic rings. The Hall–Kier alpha value is -2.66. The lowest BCUT2D eigenvalue weighted by atomic mass is 9.88. The first kappa shape index (κ1) is 21.6. The number of nitrogens with one attached hydrogen (secondary N) is 1. The second kappa shape index (κ2) is 9.23. The predicted molar refractivity (Wildman–Crippen MR) is 122 cm³/mol. The summed E-state index contributed by atoms with van der Waals surface area (Å²) >= 11 is 0. The zero-order chi connectivity index (χ0) is 21.8. The number of benzene rings is 2. The fourth-order valence-corrected chi connectivity index (χ4v) is 4.57. The lowest BCUT2D eigenvalue weighted by Gasteiger charge is -2.45. The Morgan fingerprint density at radius 1 is 1.00 bits per heavy atom. The van der Waals surface area contributed by atoms with Crippen LogP contribution in [0.15, 0.2) is 54.6 Å². The van der Waals surface area contributed by atoms with Gasteiger partial charge in [0.05, 0.1) is 18.7 Å². The number of hydrogen-bond acceptors (Lipinski definition) is 3. The highest BCUT2D eigenvalue weighted by Crippen LogP contribution is 2.32. The van der Waals surface area contributed by atoms with Crippen molar-refractivity contribution in [3.05, 3.63) is 65.7 Å². The summed E-state index contributed by atoms with van der Waals surface area (Å²) in [6.07, 6.45) is 5.21. The molecule has 1 unspecified atom stereocenters. The van der Waals surface area contributed by atoms with Crippen LogP contribution >= 0.6 is 0 Å². The molecule has 1 N–H and O–H groups in total. The van der Waals surface area contributed by atoms with Crippen molar-refractivity contribution in [1.29, 1.82) is 0 Å². The number of ether oxygens (including phenoxy) is 1. The smallest absolute Gasteiger partial charge is 0.254 e. The van der Waals surface area contributed by atoms with E-state index in [4.69, 9.17) is 4.74 Å². The molecule has 4 rings (SSSR count). The van der Waals surface area contributed by atoms with E-state index in [9.17, 15) is 9.59 Å². The highest BCUT2D eigenvalue weighted by atomic mass is 16.5. The summed E-state index contributed by atoms with van der Waals surface area (Å²) in [5.74, 6) is 0.112. The first-order chi connectivity index (χ1) is 14.9. The third kappa shape index (κ3) is 4.99. The summed E-state index contributed by atoms with van der Waals surface area (Å²) in [6.45, 7) is 5.02. The van der Waals surface area contributed by atoms with Crippen LogP contribution in [0.2, 0.25) is 0 Å². The highest BCUT2D eigenvalue weighted by molar-refractivity contribution is 5.98. The fraction of sp³-hybridized carbons (Fsp3) is 0.462. The Balaban J connectivity index is 1.49. The van der Waals surface area contributed by atoms with Gasteiger partial charge >= 0.3 is 0 Å². The molecule has 31 heavy (non-hydrogen) atoms. The van der Waals surface area contributed by atoms with E-state index in [2.05, 4.69) is 5.32 Å². The van der Waals surface area contributed by atoms with E-state index in [1.54, 1.807) is 6.07 Å². The molecule has 2 amide bonds. The molecule has 0 spiro atoms. The Morgan fingerprint density at radius 2 is 1.74 bits per heavy atom. The van der Waals surface area contributed by atoms with Gasteiger partial charge in [0.1, 0.15) is 6.10 Å². The minimum absolute atomic E-state index is 0.0389. The van der Waals surface area contributed by atoms with Crippen molar-refractivity contribution < 1.29 is 14.3 Å². The molecule has 5 nitrogen and oxygen atoms in total. The Morgan fingerprint density at radius 3 is 2.48 bits per heavy atom. The standard InChI is InChI=1S/C26H32N2O3/c1-26(2)18-31-23(19-10-5-3-6-11-19)17-28(26)25(30)21-14-9-15-22(16-21)27-24(29)20-12-7-4-8-13-20/h3,5-6,9-11,14-16,20,23H,4,7-8,12-13,17-18H2,1-2H3,(H,27,29). The molecule has 2 fully saturated rings. The molecule has 164 valence electrons. The SMILES string of the molecule is CC1(C)COC(c2ccccc2)CN1C(=O)c1cccc(NC(=O)C2CCCCC2)c1. The van der Waals surface area contributed by atoms with Gasteiger partial charge in [0.15, 0.2) is 0 Å². The van der Waals surface area contributed by atoms with Crippen molar-refractivity contribution in [2.24, 2.45) is 5.92 Å². The van der Waals surface area contributed by atoms with E-state index in [0.717, 1.165) is 31.2 Å². The van der Waals surface area contributed by atoms with Gasteiger partial charge in [0.25, 0.3) is 5.91 Å². The Kier molecular flexibility index (Phi) is 6.42. The maximum atomic E-state index is 13.5. The van der Waals surface area contributed by atoms with Crippen LogP contribution in [0, 0.1) is 5.92 Å². The zero-order valence-electron chi connectivity index (χ0n) is 18.5. The normalized spacial score (nSPS) is 21.5. The zero-order valence-corrected chi connectivity index (χ0v) is 18.5. The number of carbonyl (C=O) groups excluding carboxylic acids is 2. The largest absolute Gasteiger partial charge is 0.369 e. The molecular weight excluding hydrogens is 388 g/mol. The molecule has 1 saturated heterocycles. The fourth-order valence-electron chi connectivity index (χ4n) is 4.57. The summed E-state index contributed by atoms with van der Waals surface area (Å²) in [5.41, 5.74) is 1.93. The number of rotatable bonds is 4. The Labute approximate surface area is 184 Å². The van der Waals surface area contributed by atoms with E-state index in [1.807, 2.05) is 67.3 Å². The molecular formula is C26H32N2O3. The van der Waals surface area contributed by atoms with Crippen molar-refractivity contribution in [1.82, 2.24) is 4.90 Å². The van der Waals surface area contributed by atoms with Crippen LogP contribution in [0.3, 0.4) is 0 Å². The van der Waals surface area contributed by atoms with E-state index >= 15 is 0 Å². The molecule has 1 heterocycles. The van der Waals surface area contributed by atoms with Crippen LogP contribution in [0.5, 0.6) is 0 Å². The number of anilines is 1. The van der Waals surface area contributed by atoms with Gasteiger partial charge in [-0.05, 0) is 50.5 Å². The number of morpholine rings is 1. The van der Waals surface area contributed by atoms with Crippen molar-refractivity contribution in [2.45, 2.75) is 57.6 Å². The molecule has 5 heteroatoms. The van der Waals surface area contributed by atoms with Crippen LogP contribution in [-0.4, -0.2) is 35.4 Å². The second-order valence-electron chi connectivity index (χ2n) is 9.34. The Bertz CT molecular complexity index is 919. The van der Waals surface area contributed by atoms with Gasteiger partial charge in [-0.3, -0.25) is 9.59 Å². The van der Waals surface area contributed by atoms with E-state index in [0.29, 0.717) is 24.4 Å². The van der Waals surface area contributed by atoms with Gasteiger partial charge in [0, 0.05) is 17.2 Å². The van der Waals surface area contributed by atoms with Gasteiger partial charge in [-0.25, -0.2) is 0 Å². The molecule has 1 aliphatic carbocycles. The van der Waals surface area contributed by atoms with E-state index in [-0.39, 0.29) is 23.8 Å². The maximum Gasteiger partial charge on any atom is 0.254 e. The van der Waals surface area contributed by atoms with Crippen molar-refractivity contribution >= 4 is 17.5 Å². The average molecular weight is 421 g/mol. The van der Waals surface area contributed by atoms with Gasteiger partial charge in [0.2, 0.25) is 5.91 Å². The summed E-state index contributed by atoms with van der Waals surface area (Å²) in [5, 5.41) is 3.03. The van der Waals surface area contributed by atoms with Crippen LogP contribution < -0.4 is 5.32 Å². The van der Waals surface area contributed by atoms with Gasteiger partial charge in [-0.2, -0.15) is 0 Å². The van der Waals surface area contributed by atoms with Crippen LogP contribution in [0.1, 0.15) is 68.0 Å². The molecule has 0 bridgehead atoms. The summed E-state index contributed by atoms with van der Waals surface area (Å²) in [7, 11) is 0. The lowest BCUT2D eigenvalue weighted by molar-refractivity contribution is -0.120. The maximum absolute atomic E-state index is 13.5. The van der Waals surface area contributed by atoms with E-state index in [1.165, 1.54) is 6.42 Å². The van der Waals surface area contributed by atoms with Gasteiger partial charge in [-0.15, -0.1) is 0 Å². The van der Waals surface area contributed by atoms with Crippen molar-refractivity contribution in [3.8, 4) is 0 Å². The highest BCUT2D eigenvalue weighted by Gasteiger charge is 2.39. The second-order valence-corrected chi connectivity index (χ2v) is 9.34. The number of amides is 2. The molecule has 2 aliphatic rings. The molecule has 0 aromatic heterocycles. The van der Waals surface area contributed by atoms with Crippen LogP contribution in [0.4, 0.5) is 5.69 Å². The van der Waals surface area contributed by atoms with Gasteiger partial charge in [-0.1, -0.05) is 55.7 Å². The number of hydrogen-bond donors (Lipinski definition) is 1. The van der Waals surface area contributed by atoms with Crippen molar-refractivity contribution in [2.75, 3.05) is 18.5 Å². The van der Waals surface area contributed by atoms with Gasteiger partial charge < -0.3 is 15.0 Å². The molecule has 1 aliphatic heterocycles. The van der Waals surface area contributed by atoms with Crippen molar-refractivity contribution in [3.63, 3.8) is 0 Å². The van der Waals surface area contributed by atoms with Crippen LogP contribution in [-0.2, 0) is 9.53 Å². The number of carbonyl (C=O) groups is 2. The average Bonchev–Trinajstić information content (AvgIpc) is 2.80. The van der Waals surface area contributed by atoms with Crippen LogP contribution in [0.25, 0.3) is 0 Å². The lowest BCUT2D eigenvalue weighted by Crippen LogP contribution is -2.56. The predicted octanol–water partition coefficient (Wildman–Crippen LogP) is 5.20. The summed E-state index contributed by atoms with van der Waals surface area (Å²) < 4.78 is 6.09. The molecule has 1 atom stereocenters. The number of nitrogens with zero attached hydrogens (tertiary/aromatic N) is 1. The minimum Gasteiger partial charge on any atom is -0.369 e. The topological polar surface area (TPSA) is 58.6 Å². The molecule has 2 aromatic carbocycles.